The Kier molecular flexibility index (Phi) is 4.25. The van der Waals surface area contributed by atoms with Crippen LogP contribution in [0.4, 0.5) is 0 Å². The first-order valence-corrected chi connectivity index (χ1v) is 9.64. The average molecular weight is 357 g/mol. The predicted octanol–water partition coefficient (Wildman–Crippen LogP) is 3.09. The fourth-order valence-electron chi connectivity index (χ4n) is 3.72. The molecule has 2 aliphatic heterocycles. The van der Waals surface area contributed by atoms with Gasteiger partial charge in [0.15, 0.2) is 5.96 Å². The van der Waals surface area contributed by atoms with E-state index in [1.54, 1.807) is 16.2 Å². The van der Waals surface area contributed by atoms with Gasteiger partial charge in [-0.2, -0.15) is 0 Å². The molecule has 2 N–H and O–H groups in total. The molecule has 1 atom stereocenters. The van der Waals surface area contributed by atoms with Crippen LogP contribution in [0.5, 0.6) is 0 Å². The number of ether oxygens (including phenoxy) is 1. The number of nitrogens with two attached hydrogens (primary N) is 1. The van der Waals surface area contributed by atoms with Crippen LogP contribution in [0.3, 0.4) is 0 Å². The lowest BCUT2D eigenvalue weighted by molar-refractivity contribution is -0.130. The molecule has 0 spiro atoms. The van der Waals surface area contributed by atoms with Crippen molar-refractivity contribution in [3.05, 3.63) is 35.2 Å². The second-order valence-electron chi connectivity index (χ2n) is 7.15. The number of carbonyl (C=O) groups is 1. The number of aliphatic imine (C=N–C) groups is 1. The zero-order chi connectivity index (χ0) is 17.4. The van der Waals surface area contributed by atoms with E-state index in [0.717, 1.165) is 31.6 Å². The molecular formula is C19H23N3O2S. The van der Waals surface area contributed by atoms with Gasteiger partial charge >= 0.3 is 0 Å². The fourth-order valence-corrected chi connectivity index (χ4v) is 4.49. The predicted molar refractivity (Wildman–Crippen MR) is 101 cm³/mol. The maximum absolute atomic E-state index is 12.8. The molecule has 3 heterocycles. The molecule has 5 nitrogen and oxygen atoms in total. The maximum atomic E-state index is 12.8. The van der Waals surface area contributed by atoms with Crippen LogP contribution >= 0.6 is 11.3 Å². The molecule has 0 bridgehead atoms. The summed E-state index contributed by atoms with van der Waals surface area (Å²) in [4.78, 5) is 19.2. The Morgan fingerprint density at radius 3 is 2.92 bits per heavy atom. The number of carbonyl (C=O) groups excluding carboxylic acids is 1. The van der Waals surface area contributed by atoms with Gasteiger partial charge < -0.3 is 10.5 Å². The molecule has 0 radical (unpaired) electrons. The molecule has 0 unspecified atom stereocenters. The van der Waals surface area contributed by atoms with Gasteiger partial charge in [-0.1, -0.05) is 6.07 Å². The second-order valence-corrected chi connectivity index (χ2v) is 8.10. The fraction of sp³-hybridized carbons (Fsp3) is 0.474. The average Bonchev–Trinajstić information content (AvgIpc) is 3.07. The Hall–Kier alpha value is -1.92. The van der Waals surface area contributed by atoms with Crippen molar-refractivity contribution < 1.29 is 9.53 Å². The maximum Gasteiger partial charge on any atom is 0.232 e. The third kappa shape index (κ3) is 3.16. The van der Waals surface area contributed by atoms with E-state index in [-0.39, 0.29) is 5.91 Å². The first-order chi connectivity index (χ1) is 12.0. The van der Waals surface area contributed by atoms with E-state index in [9.17, 15) is 4.79 Å². The zero-order valence-corrected chi connectivity index (χ0v) is 15.2. The molecule has 2 aromatic rings. The minimum absolute atomic E-state index is 0.0620. The minimum Gasteiger partial charge on any atom is -0.381 e. The number of fused-ring (bicyclic) bond motifs is 1. The molecule has 4 rings (SSSR count). The lowest BCUT2D eigenvalue weighted by atomic mass is 9.86. The highest BCUT2D eigenvalue weighted by molar-refractivity contribution is 7.17. The number of amides is 1. The van der Waals surface area contributed by atoms with Crippen molar-refractivity contribution in [2.75, 3.05) is 19.8 Å². The van der Waals surface area contributed by atoms with Crippen LogP contribution in [0, 0.1) is 5.92 Å². The largest absolute Gasteiger partial charge is 0.381 e. The van der Waals surface area contributed by atoms with E-state index in [2.05, 4.69) is 29.6 Å². The summed E-state index contributed by atoms with van der Waals surface area (Å²) in [5, 5.41) is 3.27. The molecule has 0 aliphatic carbocycles. The van der Waals surface area contributed by atoms with Gasteiger partial charge in [-0.25, -0.2) is 4.99 Å². The highest BCUT2D eigenvalue weighted by Gasteiger charge is 2.38. The van der Waals surface area contributed by atoms with Gasteiger partial charge in [0.2, 0.25) is 5.91 Å². The summed E-state index contributed by atoms with van der Waals surface area (Å²) < 4.78 is 6.64. The number of rotatable bonds is 3. The molecule has 1 aromatic heterocycles. The van der Waals surface area contributed by atoms with Gasteiger partial charge in [-0.3, -0.25) is 9.69 Å². The summed E-state index contributed by atoms with van der Waals surface area (Å²) in [5.74, 6) is 0.848. The van der Waals surface area contributed by atoms with E-state index in [4.69, 9.17) is 15.5 Å². The molecule has 1 amide bonds. The van der Waals surface area contributed by atoms with Crippen LogP contribution in [0.25, 0.3) is 10.1 Å². The van der Waals surface area contributed by atoms with Crippen LogP contribution in [0.2, 0.25) is 0 Å². The Morgan fingerprint density at radius 2 is 2.16 bits per heavy atom. The standard InChI is InChI=1S/C19H23N3O2S/c1-19(15-2-3-16-14(10-15)6-9-25-16)11-17(23)22(18(20)21-19)12-13-4-7-24-8-5-13/h2-3,6,9-10,13H,4-5,7-8,11-12H2,1H3,(H2,20,21)/t19-/m0/s1. The van der Waals surface area contributed by atoms with E-state index >= 15 is 0 Å². The lowest BCUT2D eigenvalue weighted by Crippen LogP contribution is -2.51. The van der Waals surface area contributed by atoms with Crippen molar-refractivity contribution >= 4 is 33.3 Å². The highest BCUT2D eigenvalue weighted by atomic mass is 32.1. The quantitative estimate of drug-likeness (QED) is 0.918. The van der Waals surface area contributed by atoms with Crippen molar-refractivity contribution in [2.24, 2.45) is 16.6 Å². The number of nitrogens with zero attached hydrogens (tertiary/aromatic N) is 2. The normalized spacial score (nSPS) is 25.4. The van der Waals surface area contributed by atoms with Gasteiger partial charge in [0.05, 0.1) is 12.0 Å². The van der Waals surface area contributed by atoms with Crippen molar-refractivity contribution in [3.8, 4) is 0 Å². The summed E-state index contributed by atoms with van der Waals surface area (Å²) in [6.45, 7) is 4.18. The summed E-state index contributed by atoms with van der Waals surface area (Å²) in [5.41, 5.74) is 6.67. The van der Waals surface area contributed by atoms with Gasteiger partial charge in [0, 0.05) is 24.5 Å². The number of guanidine groups is 1. The Morgan fingerprint density at radius 1 is 1.36 bits per heavy atom. The third-order valence-corrected chi connectivity index (χ3v) is 6.19. The molecule has 132 valence electrons. The molecule has 2 aliphatic rings. The first-order valence-electron chi connectivity index (χ1n) is 8.76. The summed E-state index contributed by atoms with van der Waals surface area (Å²) in [7, 11) is 0. The monoisotopic (exact) mass is 357 g/mol. The Balaban J connectivity index is 1.60. The molecule has 1 aromatic carbocycles. The summed E-state index contributed by atoms with van der Waals surface area (Å²) in [6.07, 6.45) is 2.30. The lowest BCUT2D eigenvalue weighted by Gasteiger charge is -2.37. The van der Waals surface area contributed by atoms with Gasteiger partial charge in [0.1, 0.15) is 0 Å². The molecular weight excluding hydrogens is 334 g/mol. The number of thiophene rings is 1. The van der Waals surface area contributed by atoms with E-state index < -0.39 is 5.54 Å². The number of hydrogen-bond donors (Lipinski definition) is 1. The van der Waals surface area contributed by atoms with Crippen molar-refractivity contribution in [1.29, 1.82) is 0 Å². The molecule has 6 heteroatoms. The Labute approximate surface area is 151 Å². The van der Waals surface area contributed by atoms with Crippen LogP contribution in [-0.4, -0.2) is 36.5 Å². The van der Waals surface area contributed by atoms with Crippen molar-refractivity contribution in [2.45, 2.75) is 31.7 Å². The molecule has 1 fully saturated rings. The molecule has 0 saturated carbocycles. The van der Waals surface area contributed by atoms with Crippen LogP contribution in [0.1, 0.15) is 31.7 Å². The van der Waals surface area contributed by atoms with Crippen LogP contribution in [0.15, 0.2) is 34.6 Å². The van der Waals surface area contributed by atoms with Crippen LogP contribution in [-0.2, 0) is 15.1 Å². The van der Waals surface area contributed by atoms with Crippen LogP contribution < -0.4 is 5.73 Å². The van der Waals surface area contributed by atoms with Gasteiger partial charge in [0.25, 0.3) is 0 Å². The first kappa shape index (κ1) is 16.5. The third-order valence-electron chi connectivity index (χ3n) is 5.29. The Bertz CT molecular complexity index is 825. The highest BCUT2D eigenvalue weighted by Crippen LogP contribution is 2.36. The van der Waals surface area contributed by atoms with Gasteiger partial charge in [-0.15, -0.1) is 11.3 Å². The van der Waals surface area contributed by atoms with E-state index in [1.165, 1.54) is 10.1 Å². The van der Waals surface area contributed by atoms with E-state index in [1.807, 2.05) is 6.92 Å². The summed E-state index contributed by atoms with van der Waals surface area (Å²) >= 11 is 1.72. The topological polar surface area (TPSA) is 67.9 Å². The SMILES string of the molecule is C[C@@]1(c2ccc3sccc3c2)CC(=O)N(CC2CCOCC2)C(N)=N1. The van der Waals surface area contributed by atoms with Gasteiger partial charge in [-0.05, 0) is 60.2 Å². The van der Waals surface area contributed by atoms with Crippen molar-refractivity contribution in [3.63, 3.8) is 0 Å². The van der Waals surface area contributed by atoms with Crippen molar-refractivity contribution in [1.82, 2.24) is 4.90 Å². The summed E-state index contributed by atoms with van der Waals surface area (Å²) in [6, 6.07) is 8.40. The molecule has 25 heavy (non-hydrogen) atoms. The minimum atomic E-state index is -0.594. The number of benzene rings is 1. The molecule has 1 saturated heterocycles. The smallest absolute Gasteiger partial charge is 0.232 e. The number of hydrogen-bond acceptors (Lipinski definition) is 5. The zero-order valence-electron chi connectivity index (χ0n) is 14.4. The van der Waals surface area contributed by atoms with E-state index in [0.29, 0.717) is 24.8 Å². The second kappa shape index (κ2) is 6.42.